The third-order valence-corrected chi connectivity index (χ3v) is 4.73. The quantitative estimate of drug-likeness (QED) is 0.209. The van der Waals surface area contributed by atoms with Crippen LogP contribution in [0.1, 0.15) is 38.5 Å². The van der Waals surface area contributed by atoms with E-state index in [1.807, 2.05) is 0 Å². The van der Waals surface area contributed by atoms with Gasteiger partial charge in [-0.3, -0.25) is 4.79 Å². The van der Waals surface area contributed by atoms with E-state index in [1.54, 1.807) is 0 Å². The molecular weight excluding hydrogens is 258 g/mol. The Morgan fingerprint density at radius 2 is 2.15 bits per heavy atom. The fourth-order valence-electron chi connectivity index (χ4n) is 3.60. The summed E-state index contributed by atoms with van der Waals surface area (Å²) >= 11 is 0. The molecule has 0 spiro atoms. The Bertz CT molecular complexity index is 374. The van der Waals surface area contributed by atoms with Crippen LogP contribution in [-0.2, 0) is 4.79 Å². The Morgan fingerprint density at radius 3 is 2.85 bits per heavy atom. The highest BCUT2D eigenvalue weighted by molar-refractivity contribution is 5.79. The Balaban J connectivity index is 1.82. The van der Waals surface area contributed by atoms with Crippen LogP contribution in [0.15, 0.2) is 5.10 Å². The van der Waals surface area contributed by atoms with Crippen molar-refractivity contribution in [3.05, 3.63) is 0 Å². The molecule has 4 atom stereocenters. The van der Waals surface area contributed by atoms with Gasteiger partial charge in [0, 0.05) is 6.42 Å². The molecule has 0 aromatic carbocycles. The normalized spacial score (nSPS) is 34.4. The number of carbonyl (C=O) groups is 1. The molecular formula is C13H25N5O2. The second-order valence-electron chi connectivity index (χ2n) is 6.00. The third kappa shape index (κ3) is 3.83. The number of nitrogens with one attached hydrogen (secondary N) is 2. The molecule has 0 aromatic rings. The van der Waals surface area contributed by atoms with Crippen LogP contribution in [0.4, 0.5) is 0 Å². The first kappa shape index (κ1) is 15.1. The van der Waals surface area contributed by atoms with E-state index in [2.05, 4.69) is 16.0 Å². The van der Waals surface area contributed by atoms with E-state index in [1.165, 1.54) is 12.8 Å². The van der Waals surface area contributed by atoms with E-state index in [4.69, 9.17) is 16.7 Å². The second-order valence-corrected chi connectivity index (χ2v) is 6.00. The predicted molar refractivity (Wildman–Crippen MR) is 76.5 cm³/mol. The molecule has 1 heterocycles. The lowest BCUT2D eigenvalue weighted by atomic mass is 9.69. The number of nitrogens with zero attached hydrogens (tertiary/aromatic N) is 1. The first-order valence-corrected chi connectivity index (χ1v) is 7.34. The van der Waals surface area contributed by atoms with Gasteiger partial charge in [0.05, 0.1) is 0 Å². The minimum absolute atomic E-state index is 0.372. The summed E-state index contributed by atoms with van der Waals surface area (Å²) in [6, 6.07) is -0.372. The largest absolute Gasteiger partial charge is 0.480 e. The zero-order chi connectivity index (χ0) is 14.5. The molecule has 0 bridgehead atoms. The van der Waals surface area contributed by atoms with Gasteiger partial charge in [-0.05, 0) is 50.0 Å². The van der Waals surface area contributed by atoms with Crippen LogP contribution in [-0.4, -0.2) is 29.5 Å². The average Bonchev–Trinajstić information content (AvgIpc) is 2.44. The molecule has 1 saturated heterocycles. The summed E-state index contributed by atoms with van der Waals surface area (Å²) in [4.78, 5) is 11.1. The van der Waals surface area contributed by atoms with E-state index < -0.39 is 5.97 Å². The van der Waals surface area contributed by atoms with Gasteiger partial charge >= 0.3 is 5.97 Å². The molecule has 1 saturated carbocycles. The number of hydrazine groups is 1. The lowest BCUT2D eigenvalue weighted by molar-refractivity contribution is -0.141. The molecule has 20 heavy (non-hydrogen) atoms. The summed E-state index contributed by atoms with van der Waals surface area (Å²) in [7, 11) is 0. The standard InChI is InChI=1S/C13H25N5O2/c14-12(17-18-15)4-2-8-1-3-9-7-16-11(13(19)20)6-10(9)5-8/h8-11,16,18H,1-7,15H2,(H2,14,17)(H,19,20)/t8?,9?,10?,11-/m0/s1. The molecule has 3 unspecified atom stereocenters. The molecule has 2 fully saturated rings. The molecule has 2 rings (SSSR count). The zero-order valence-electron chi connectivity index (χ0n) is 11.7. The maximum Gasteiger partial charge on any atom is 0.320 e. The van der Waals surface area contributed by atoms with Gasteiger partial charge in [-0.25, -0.2) is 11.4 Å². The number of hydrogen-bond donors (Lipinski definition) is 5. The smallest absolute Gasteiger partial charge is 0.320 e. The lowest BCUT2D eigenvalue weighted by Crippen LogP contribution is -2.49. The van der Waals surface area contributed by atoms with Crippen molar-refractivity contribution in [1.29, 1.82) is 0 Å². The highest BCUT2D eigenvalue weighted by atomic mass is 16.4. The predicted octanol–water partition coefficient (Wildman–Crippen LogP) is -0.0189. The van der Waals surface area contributed by atoms with Gasteiger partial charge in [0.25, 0.3) is 0 Å². The van der Waals surface area contributed by atoms with Crippen molar-refractivity contribution in [2.24, 2.45) is 34.4 Å². The second kappa shape index (κ2) is 6.90. The number of amidine groups is 1. The number of hydrogen-bond acceptors (Lipinski definition) is 5. The minimum atomic E-state index is -0.726. The minimum Gasteiger partial charge on any atom is -0.480 e. The first-order valence-electron chi connectivity index (χ1n) is 7.34. The monoisotopic (exact) mass is 283 g/mol. The number of piperidine rings is 1. The summed E-state index contributed by atoms with van der Waals surface area (Å²) in [5.74, 6) is 6.68. The summed E-state index contributed by atoms with van der Waals surface area (Å²) < 4.78 is 0. The van der Waals surface area contributed by atoms with Gasteiger partial charge in [0.2, 0.25) is 0 Å². The van der Waals surface area contributed by atoms with Crippen molar-refractivity contribution in [1.82, 2.24) is 10.9 Å². The Morgan fingerprint density at radius 1 is 1.35 bits per heavy atom. The summed E-state index contributed by atoms with van der Waals surface area (Å²) in [6.45, 7) is 0.842. The molecule has 0 amide bonds. The lowest BCUT2D eigenvalue weighted by Gasteiger charge is -2.41. The van der Waals surface area contributed by atoms with Gasteiger partial charge in [0.1, 0.15) is 11.9 Å². The first-order chi connectivity index (χ1) is 9.60. The Hall–Kier alpha value is -1.34. The number of carboxylic acid groups (broad SMARTS) is 1. The van der Waals surface area contributed by atoms with Gasteiger partial charge in [-0.1, -0.05) is 6.42 Å². The highest BCUT2D eigenvalue weighted by Crippen LogP contribution is 2.40. The number of carboxylic acids is 1. The molecule has 1 aliphatic heterocycles. The number of fused-ring (bicyclic) bond motifs is 1. The van der Waals surface area contributed by atoms with E-state index in [0.29, 0.717) is 23.6 Å². The van der Waals surface area contributed by atoms with Crippen LogP contribution in [0, 0.1) is 17.8 Å². The number of hydrazone groups is 1. The van der Waals surface area contributed by atoms with Crippen molar-refractivity contribution in [3.63, 3.8) is 0 Å². The van der Waals surface area contributed by atoms with Crippen molar-refractivity contribution >= 4 is 11.8 Å². The van der Waals surface area contributed by atoms with Crippen molar-refractivity contribution in [2.45, 2.75) is 44.6 Å². The maximum atomic E-state index is 11.1. The zero-order valence-corrected chi connectivity index (χ0v) is 11.7. The maximum absolute atomic E-state index is 11.1. The number of nitrogens with two attached hydrogens (primary N) is 2. The third-order valence-electron chi connectivity index (χ3n) is 4.73. The molecule has 0 aromatic heterocycles. The van der Waals surface area contributed by atoms with Crippen LogP contribution in [0.3, 0.4) is 0 Å². The average molecular weight is 283 g/mol. The van der Waals surface area contributed by atoms with Crippen LogP contribution in [0.2, 0.25) is 0 Å². The molecule has 1 aliphatic carbocycles. The van der Waals surface area contributed by atoms with Crippen molar-refractivity contribution < 1.29 is 9.90 Å². The van der Waals surface area contributed by atoms with Crippen LogP contribution in [0.25, 0.3) is 0 Å². The van der Waals surface area contributed by atoms with Crippen molar-refractivity contribution in [2.75, 3.05) is 6.54 Å². The summed E-state index contributed by atoms with van der Waals surface area (Å²) in [5, 5.41) is 16.0. The number of rotatable bonds is 5. The SMILES string of the molecule is NN/N=C(\N)CCC1CCC2CN[C@H](C(=O)O)CC2C1. The topological polar surface area (TPSA) is 126 Å². The molecule has 2 aliphatic rings. The van der Waals surface area contributed by atoms with Crippen LogP contribution >= 0.6 is 0 Å². The van der Waals surface area contributed by atoms with Gasteiger partial charge in [-0.15, -0.1) is 0 Å². The Kier molecular flexibility index (Phi) is 5.19. The molecule has 7 N–H and O–H groups in total. The van der Waals surface area contributed by atoms with Gasteiger partial charge in [0.15, 0.2) is 0 Å². The fraction of sp³-hybridized carbons (Fsp3) is 0.846. The summed E-state index contributed by atoms with van der Waals surface area (Å²) in [5.41, 5.74) is 7.92. The number of aliphatic carboxylic acids is 1. The van der Waals surface area contributed by atoms with E-state index in [0.717, 1.165) is 32.2 Å². The molecule has 0 radical (unpaired) electrons. The molecule has 7 heteroatoms. The van der Waals surface area contributed by atoms with Gasteiger partial charge < -0.3 is 16.2 Å². The summed E-state index contributed by atoms with van der Waals surface area (Å²) in [6.07, 6.45) is 5.99. The van der Waals surface area contributed by atoms with Crippen molar-refractivity contribution in [3.8, 4) is 0 Å². The van der Waals surface area contributed by atoms with Crippen LogP contribution < -0.4 is 22.4 Å². The molecule has 114 valence electrons. The van der Waals surface area contributed by atoms with Crippen LogP contribution in [0.5, 0.6) is 0 Å². The highest BCUT2D eigenvalue weighted by Gasteiger charge is 2.37. The fourth-order valence-corrected chi connectivity index (χ4v) is 3.60. The van der Waals surface area contributed by atoms with Gasteiger partial charge in [-0.2, -0.15) is 5.10 Å². The van der Waals surface area contributed by atoms with E-state index in [-0.39, 0.29) is 6.04 Å². The van der Waals surface area contributed by atoms with E-state index in [9.17, 15) is 4.79 Å². The van der Waals surface area contributed by atoms with E-state index >= 15 is 0 Å². The Labute approximate surface area is 119 Å². The molecule has 7 nitrogen and oxygen atoms in total.